The molecule has 0 unspecified atom stereocenters. The van der Waals surface area contributed by atoms with E-state index in [1.807, 2.05) is 32.0 Å². The van der Waals surface area contributed by atoms with Crippen molar-refractivity contribution in [3.05, 3.63) is 35.9 Å². The summed E-state index contributed by atoms with van der Waals surface area (Å²) in [6.07, 6.45) is 1.04. The number of hydrogen-bond acceptors (Lipinski definition) is 2. The molecule has 3 heteroatoms. The summed E-state index contributed by atoms with van der Waals surface area (Å²) in [5.74, 6) is -0.0372. The second-order valence-corrected chi connectivity index (χ2v) is 5.99. The standard InChI is InChI=1S/C16H23NO2/c1-11(2)15(16(18)19)17-10-12(3)9-14(17)13-7-5-4-6-8-13/h4-8,11-12,14-15H,9-10H2,1-3H3,(H,18,19)/t12-,14-,15+/m1/s1. The van der Waals surface area contributed by atoms with Gasteiger partial charge in [-0.2, -0.15) is 0 Å². The molecule has 1 heterocycles. The van der Waals surface area contributed by atoms with Crippen LogP contribution in [-0.2, 0) is 4.79 Å². The first-order chi connectivity index (χ1) is 9.00. The predicted octanol–water partition coefficient (Wildman–Crippen LogP) is 3.18. The van der Waals surface area contributed by atoms with Crippen LogP contribution in [0.2, 0.25) is 0 Å². The maximum atomic E-state index is 11.6. The Kier molecular flexibility index (Phi) is 4.25. The van der Waals surface area contributed by atoms with Gasteiger partial charge in [-0.1, -0.05) is 51.1 Å². The molecule has 0 aromatic heterocycles. The molecule has 0 saturated carbocycles. The lowest BCUT2D eigenvalue weighted by Crippen LogP contribution is -2.44. The first-order valence-electron chi connectivity index (χ1n) is 7.04. The molecule has 0 bridgehead atoms. The topological polar surface area (TPSA) is 40.5 Å². The van der Waals surface area contributed by atoms with Crippen LogP contribution in [0.1, 0.15) is 38.8 Å². The highest BCUT2D eigenvalue weighted by Crippen LogP contribution is 2.38. The zero-order valence-electron chi connectivity index (χ0n) is 11.9. The highest BCUT2D eigenvalue weighted by Gasteiger charge is 2.39. The van der Waals surface area contributed by atoms with E-state index in [9.17, 15) is 9.90 Å². The number of carbonyl (C=O) groups is 1. The number of aliphatic carboxylic acids is 1. The fourth-order valence-electron chi connectivity index (χ4n) is 3.20. The quantitative estimate of drug-likeness (QED) is 0.905. The molecule has 1 saturated heterocycles. The summed E-state index contributed by atoms with van der Waals surface area (Å²) in [6.45, 7) is 7.05. The smallest absolute Gasteiger partial charge is 0.321 e. The molecule has 1 aromatic carbocycles. The Morgan fingerprint density at radius 1 is 1.32 bits per heavy atom. The van der Waals surface area contributed by atoms with E-state index in [1.165, 1.54) is 5.56 Å². The minimum absolute atomic E-state index is 0.119. The Hall–Kier alpha value is -1.35. The molecule has 3 nitrogen and oxygen atoms in total. The minimum atomic E-state index is -0.704. The molecule has 1 aromatic rings. The molecule has 1 fully saturated rings. The van der Waals surface area contributed by atoms with Crippen LogP contribution in [0.15, 0.2) is 30.3 Å². The highest BCUT2D eigenvalue weighted by molar-refractivity contribution is 5.74. The van der Waals surface area contributed by atoms with Gasteiger partial charge in [-0.3, -0.25) is 9.69 Å². The fourth-order valence-corrected chi connectivity index (χ4v) is 3.20. The summed E-state index contributed by atoms with van der Waals surface area (Å²) >= 11 is 0. The number of benzene rings is 1. The third-order valence-corrected chi connectivity index (χ3v) is 3.97. The van der Waals surface area contributed by atoms with E-state index < -0.39 is 12.0 Å². The van der Waals surface area contributed by atoms with Crippen molar-refractivity contribution in [2.24, 2.45) is 11.8 Å². The van der Waals surface area contributed by atoms with E-state index in [2.05, 4.69) is 24.0 Å². The van der Waals surface area contributed by atoms with Gasteiger partial charge in [0.25, 0.3) is 0 Å². The van der Waals surface area contributed by atoms with Crippen LogP contribution in [0.3, 0.4) is 0 Å². The number of rotatable bonds is 4. The van der Waals surface area contributed by atoms with Crippen molar-refractivity contribution in [3.8, 4) is 0 Å². The summed E-state index contributed by atoms with van der Waals surface area (Å²) < 4.78 is 0. The van der Waals surface area contributed by atoms with Crippen molar-refractivity contribution in [1.29, 1.82) is 0 Å². The summed E-state index contributed by atoms with van der Waals surface area (Å²) in [6, 6.07) is 10.1. The third-order valence-electron chi connectivity index (χ3n) is 3.97. The molecule has 0 amide bonds. The second kappa shape index (κ2) is 5.74. The van der Waals surface area contributed by atoms with Crippen molar-refractivity contribution in [3.63, 3.8) is 0 Å². The largest absolute Gasteiger partial charge is 0.480 e. The summed E-state index contributed by atoms with van der Waals surface area (Å²) in [5, 5.41) is 9.51. The first-order valence-corrected chi connectivity index (χ1v) is 7.04. The van der Waals surface area contributed by atoms with Gasteiger partial charge >= 0.3 is 5.97 Å². The van der Waals surface area contributed by atoms with Gasteiger partial charge in [0, 0.05) is 12.6 Å². The van der Waals surface area contributed by atoms with Crippen LogP contribution < -0.4 is 0 Å². The molecule has 19 heavy (non-hydrogen) atoms. The van der Waals surface area contributed by atoms with Crippen LogP contribution in [0.5, 0.6) is 0 Å². The van der Waals surface area contributed by atoms with Gasteiger partial charge in [0.1, 0.15) is 6.04 Å². The Bertz CT molecular complexity index is 430. The van der Waals surface area contributed by atoms with Crippen LogP contribution in [0.4, 0.5) is 0 Å². The summed E-state index contributed by atoms with van der Waals surface area (Å²) in [5.41, 5.74) is 1.23. The molecule has 0 spiro atoms. The van der Waals surface area contributed by atoms with Gasteiger partial charge in [0.15, 0.2) is 0 Å². The van der Waals surface area contributed by atoms with Gasteiger partial charge in [-0.25, -0.2) is 0 Å². The maximum absolute atomic E-state index is 11.6. The molecule has 2 rings (SSSR count). The summed E-state index contributed by atoms with van der Waals surface area (Å²) in [7, 11) is 0. The molecular weight excluding hydrogens is 238 g/mol. The van der Waals surface area contributed by atoms with Crippen LogP contribution >= 0.6 is 0 Å². The van der Waals surface area contributed by atoms with Crippen molar-refractivity contribution in [2.45, 2.75) is 39.3 Å². The van der Waals surface area contributed by atoms with E-state index in [4.69, 9.17) is 0 Å². The number of nitrogens with zero attached hydrogens (tertiary/aromatic N) is 1. The summed E-state index contributed by atoms with van der Waals surface area (Å²) in [4.78, 5) is 13.7. The highest BCUT2D eigenvalue weighted by atomic mass is 16.4. The molecule has 3 atom stereocenters. The van der Waals surface area contributed by atoms with E-state index in [0.717, 1.165) is 13.0 Å². The van der Waals surface area contributed by atoms with Crippen LogP contribution in [-0.4, -0.2) is 28.6 Å². The van der Waals surface area contributed by atoms with E-state index in [1.54, 1.807) is 0 Å². The zero-order valence-corrected chi connectivity index (χ0v) is 11.9. The Morgan fingerprint density at radius 3 is 2.47 bits per heavy atom. The fraction of sp³-hybridized carbons (Fsp3) is 0.562. The molecule has 1 N–H and O–H groups in total. The van der Waals surface area contributed by atoms with E-state index in [-0.39, 0.29) is 12.0 Å². The lowest BCUT2D eigenvalue weighted by atomic mass is 9.98. The van der Waals surface area contributed by atoms with Crippen LogP contribution in [0, 0.1) is 11.8 Å². The van der Waals surface area contributed by atoms with Crippen molar-refractivity contribution in [2.75, 3.05) is 6.54 Å². The van der Waals surface area contributed by atoms with Gasteiger partial charge in [-0.05, 0) is 23.8 Å². The van der Waals surface area contributed by atoms with Gasteiger partial charge in [-0.15, -0.1) is 0 Å². The number of likely N-dealkylation sites (tertiary alicyclic amines) is 1. The average molecular weight is 261 g/mol. The minimum Gasteiger partial charge on any atom is -0.480 e. The number of carboxylic acids is 1. The SMILES string of the molecule is CC(C)[C@@H](C(=O)O)N1C[C@H](C)C[C@@H]1c1ccccc1. The normalized spacial score (nSPS) is 25.7. The van der Waals surface area contributed by atoms with Gasteiger partial charge in [0.05, 0.1) is 0 Å². The lowest BCUT2D eigenvalue weighted by molar-refractivity contribution is -0.145. The monoisotopic (exact) mass is 261 g/mol. The average Bonchev–Trinajstić information content (AvgIpc) is 2.71. The van der Waals surface area contributed by atoms with Gasteiger partial charge in [0.2, 0.25) is 0 Å². The molecule has 104 valence electrons. The maximum Gasteiger partial charge on any atom is 0.321 e. The molecule has 1 aliphatic rings. The Balaban J connectivity index is 2.29. The van der Waals surface area contributed by atoms with Crippen molar-refractivity contribution >= 4 is 5.97 Å². The van der Waals surface area contributed by atoms with Crippen molar-refractivity contribution in [1.82, 2.24) is 4.90 Å². The lowest BCUT2D eigenvalue weighted by Gasteiger charge is -2.33. The molecule has 1 aliphatic heterocycles. The zero-order chi connectivity index (χ0) is 14.0. The molecule has 0 radical (unpaired) electrons. The Morgan fingerprint density at radius 2 is 1.95 bits per heavy atom. The number of carboxylic acid groups (broad SMARTS) is 1. The van der Waals surface area contributed by atoms with E-state index in [0.29, 0.717) is 5.92 Å². The van der Waals surface area contributed by atoms with Crippen molar-refractivity contribution < 1.29 is 9.90 Å². The van der Waals surface area contributed by atoms with Gasteiger partial charge < -0.3 is 5.11 Å². The second-order valence-electron chi connectivity index (χ2n) is 5.99. The molecular formula is C16H23NO2. The molecule has 0 aliphatic carbocycles. The predicted molar refractivity (Wildman–Crippen MR) is 75.9 cm³/mol. The third kappa shape index (κ3) is 2.98. The number of hydrogen-bond donors (Lipinski definition) is 1. The Labute approximate surface area is 115 Å². The van der Waals surface area contributed by atoms with Crippen LogP contribution in [0.25, 0.3) is 0 Å². The van der Waals surface area contributed by atoms with E-state index >= 15 is 0 Å². The first kappa shape index (κ1) is 14.1.